The molecular weight excluding hydrogens is 479 g/mol. The summed E-state index contributed by atoms with van der Waals surface area (Å²) in [6, 6.07) is 8.05. The lowest BCUT2D eigenvalue weighted by Gasteiger charge is -2.36. The van der Waals surface area contributed by atoms with Crippen molar-refractivity contribution in [1.82, 2.24) is 19.7 Å². The Morgan fingerprint density at radius 1 is 1.16 bits per heavy atom. The largest absolute Gasteiger partial charge is 0.508 e. The first-order valence-corrected chi connectivity index (χ1v) is 12.7. The van der Waals surface area contributed by atoms with Crippen LogP contribution in [0.3, 0.4) is 0 Å². The van der Waals surface area contributed by atoms with E-state index in [0.717, 1.165) is 24.0 Å². The van der Waals surface area contributed by atoms with E-state index in [0.29, 0.717) is 56.1 Å². The van der Waals surface area contributed by atoms with Gasteiger partial charge in [0.2, 0.25) is 0 Å². The second-order valence-electron chi connectivity index (χ2n) is 9.63. The summed E-state index contributed by atoms with van der Waals surface area (Å²) in [5.74, 6) is -0.516. The molecule has 10 heteroatoms. The standard InChI is InChI=1S/C27H29FN4O5/c1-2-37-23-14-18-19-13-22-26(34)31(7-6-30-8-10-36-11-9-30)27(35)32(22)25(16-4-3-5-17(33)12-16)24(19)29-21(18)15-20(23)28/h3-5,12,14-15,22,25,29,33H,2,6-11,13H2,1H3. The monoisotopic (exact) mass is 508 g/mol. The van der Waals surface area contributed by atoms with Gasteiger partial charge in [-0.25, -0.2) is 9.18 Å². The van der Waals surface area contributed by atoms with Crippen molar-refractivity contribution < 1.29 is 28.6 Å². The zero-order chi connectivity index (χ0) is 25.7. The first-order chi connectivity index (χ1) is 18.0. The molecule has 3 aromatic rings. The summed E-state index contributed by atoms with van der Waals surface area (Å²) in [4.78, 5) is 35.8. The molecule has 2 N–H and O–H groups in total. The molecule has 4 heterocycles. The van der Waals surface area contributed by atoms with E-state index in [9.17, 15) is 19.1 Å². The molecule has 3 amide bonds. The summed E-state index contributed by atoms with van der Waals surface area (Å²) in [6.07, 6.45) is 0.306. The molecule has 0 spiro atoms. The number of hydrogen-bond acceptors (Lipinski definition) is 6. The number of urea groups is 1. The Morgan fingerprint density at radius 3 is 2.73 bits per heavy atom. The number of morpholine rings is 1. The van der Waals surface area contributed by atoms with Gasteiger partial charge in [-0.1, -0.05) is 12.1 Å². The van der Waals surface area contributed by atoms with Gasteiger partial charge in [-0.2, -0.15) is 0 Å². The predicted octanol–water partition coefficient (Wildman–Crippen LogP) is 3.02. The molecule has 2 fully saturated rings. The lowest BCUT2D eigenvalue weighted by molar-refractivity contribution is -0.128. The molecule has 0 saturated carbocycles. The van der Waals surface area contributed by atoms with Crippen LogP contribution in [0, 0.1) is 5.82 Å². The van der Waals surface area contributed by atoms with Crippen LogP contribution in [0.2, 0.25) is 0 Å². The lowest BCUT2D eigenvalue weighted by atomic mass is 9.88. The number of fused-ring (bicyclic) bond motifs is 4. The van der Waals surface area contributed by atoms with Gasteiger partial charge in [0, 0.05) is 55.3 Å². The minimum Gasteiger partial charge on any atom is -0.508 e. The third kappa shape index (κ3) is 4.00. The molecular formula is C27H29FN4O5. The summed E-state index contributed by atoms with van der Waals surface area (Å²) >= 11 is 0. The number of ether oxygens (including phenoxy) is 2. The van der Waals surface area contributed by atoms with E-state index in [1.54, 1.807) is 36.1 Å². The average Bonchev–Trinajstić information content (AvgIpc) is 3.36. The SMILES string of the molecule is CCOc1cc2c3c([nH]c2cc1F)C(c1cccc(O)c1)N1C(=O)N(CCN2CCOCC2)C(=O)C1C3. The van der Waals surface area contributed by atoms with Gasteiger partial charge in [-0.05, 0) is 36.2 Å². The quantitative estimate of drug-likeness (QED) is 0.497. The van der Waals surface area contributed by atoms with Gasteiger partial charge in [0.05, 0.1) is 19.8 Å². The highest BCUT2D eigenvalue weighted by Gasteiger charge is 2.52. The third-order valence-corrected chi connectivity index (χ3v) is 7.51. The van der Waals surface area contributed by atoms with E-state index >= 15 is 0 Å². The smallest absolute Gasteiger partial charge is 0.328 e. The second-order valence-corrected chi connectivity index (χ2v) is 9.63. The number of imide groups is 1. The highest BCUT2D eigenvalue weighted by Crippen LogP contribution is 2.45. The number of aromatic amines is 1. The maximum atomic E-state index is 14.7. The number of nitrogens with zero attached hydrogens (tertiary/aromatic N) is 3. The van der Waals surface area contributed by atoms with Gasteiger partial charge in [0.1, 0.15) is 17.8 Å². The number of H-pyrrole nitrogens is 1. The van der Waals surface area contributed by atoms with E-state index in [4.69, 9.17) is 9.47 Å². The van der Waals surface area contributed by atoms with Crippen molar-refractivity contribution in [2.24, 2.45) is 0 Å². The van der Waals surface area contributed by atoms with E-state index in [2.05, 4.69) is 9.88 Å². The fourth-order valence-electron chi connectivity index (χ4n) is 5.76. The van der Waals surface area contributed by atoms with Crippen molar-refractivity contribution in [3.8, 4) is 11.5 Å². The molecule has 2 unspecified atom stereocenters. The minimum absolute atomic E-state index is 0.0594. The molecule has 0 bridgehead atoms. The first-order valence-electron chi connectivity index (χ1n) is 12.7. The number of nitrogens with one attached hydrogen (secondary N) is 1. The zero-order valence-electron chi connectivity index (χ0n) is 20.6. The molecule has 1 aromatic heterocycles. The molecule has 9 nitrogen and oxygen atoms in total. The Morgan fingerprint density at radius 2 is 1.97 bits per heavy atom. The van der Waals surface area contributed by atoms with Crippen LogP contribution in [0.5, 0.6) is 11.5 Å². The molecule has 0 radical (unpaired) electrons. The normalized spacial score (nSPS) is 22.0. The highest BCUT2D eigenvalue weighted by molar-refractivity contribution is 6.05. The van der Waals surface area contributed by atoms with Crippen LogP contribution in [0.1, 0.15) is 29.8 Å². The lowest BCUT2D eigenvalue weighted by Crippen LogP contribution is -2.44. The molecule has 3 aliphatic rings. The summed E-state index contributed by atoms with van der Waals surface area (Å²) in [6.45, 7) is 5.82. The predicted molar refractivity (Wildman–Crippen MR) is 133 cm³/mol. The van der Waals surface area contributed by atoms with Crippen LogP contribution in [0.25, 0.3) is 10.9 Å². The number of phenolic OH excluding ortho intramolecular Hbond substituents is 1. The van der Waals surface area contributed by atoms with Crippen molar-refractivity contribution in [3.63, 3.8) is 0 Å². The Bertz CT molecular complexity index is 1370. The van der Waals surface area contributed by atoms with Crippen LogP contribution in [0.15, 0.2) is 36.4 Å². The van der Waals surface area contributed by atoms with Gasteiger partial charge < -0.3 is 19.6 Å². The maximum absolute atomic E-state index is 14.7. The number of benzene rings is 2. The number of hydrogen-bond donors (Lipinski definition) is 2. The van der Waals surface area contributed by atoms with E-state index in [-0.39, 0.29) is 23.4 Å². The fraction of sp³-hybridized carbons (Fsp3) is 0.407. The minimum atomic E-state index is -0.698. The number of carbonyl (C=O) groups excluding carboxylic acids is 2. The summed E-state index contributed by atoms with van der Waals surface area (Å²) in [5.41, 5.74) is 2.79. The van der Waals surface area contributed by atoms with Gasteiger partial charge in [-0.15, -0.1) is 0 Å². The van der Waals surface area contributed by atoms with Crippen molar-refractivity contribution >= 4 is 22.8 Å². The maximum Gasteiger partial charge on any atom is 0.328 e. The Kier molecular flexibility index (Phi) is 6.00. The molecule has 0 aliphatic carbocycles. The summed E-state index contributed by atoms with van der Waals surface area (Å²) < 4.78 is 25.6. The first kappa shape index (κ1) is 23.7. The van der Waals surface area contributed by atoms with Crippen molar-refractivity contribution in [3.05, 3.63) is 59.0 Å². The third-order valence-electron chi connectivity index (χ3n) is 7.51. The molecule has 194 valence electrons. The topological polar surface area (TPSA) is 98.3 Å². The van der Waals surface area contributed by atoms with Crippen LogP contribution in [0.4, 0.5) is 9.18 Å². The number of aromatic hydroxyl groups is 1. The van der Waals surface area contributed by atoms with Crippen molar-refractivity contribution in [2.45, 2.75) is 25.4 Å². The Hall–Kier alpha value is -3.63. The molecule has 6 rings (SSSR count). The van der Waals surface area contributed by atoms with E-state index < -0.39 is 17.9 Å². The van der Waals surface area contributed by atoms with Crippen molar-refractivity contribution in [1.29, 1.82) is 0 Å². The van der Waals surface area contributed by atoms with E-state index in [1.807, 2.05) is 6.07 Å². The molecule has 2 saturated heterocycles. The van der Waals surface area contributed by atoms with Gasteiger partial charge in [0.15, 0.2) is 11.6 Å². The van der Waals surface area contributed by atoms with Crippen molar-refractivity contribution in [2.75, 3.05) is 46.0 Å². The fourth-order valence-corrected chi connectivity index (χ4v) is 5.76. The molecule has 37 heavy (non-hydrogen) atoms. The van der Waals surface area contributed by atoms with E-state index in [1.165, 1.54) is 11.0 Å². The number of carbonyl (C=O) groups is 2. The number of aromatic nitrogens is 1. The van der Waals surface area contributed by atoms with Crippen LogP contribution >= 0.6 is 0 Å². The second kappa shape index (κ2) is 9.35. The molecule has 3 aliphatic heterocycles. The van der Waals surface area contributed by atoms with Crippen LogP contribution < -0.4 is 4.74 Å². The van der Waals surface area contributed by atoms with Gasteiger partial charge >= 0.3 is 6.03 Å². The Labute approximate surface area is 213 Å². The molecule has 2 aromatic carbocycles. The number of halogens is 1. The van der Waals surface area contributed by atoms with Crippen LogP contribution in [-0.4, -0.2) is 88.8 Å². The average molecular weight is 509 g/mol. The zero-order valence-corrected chi connectivity index (χ0v) is 20.6. The Balaban J connectivity index is 1.42. The van der Waals surface area contributed by atoms with Crippen LogP contribution in [-0.2, 0) is 16.0 Å². The summed E-state index contributed by atoms with van der Waals surface area (Å²) in [5, 5.41) is 11.0. The number of amides is 3. The summed E-state index contributed by atoms with van der Waals surface area (Å²) in [7, 11) is 0. The number of phenols is 1. The highest BCUT2D eigenvalue weighted by atomic mass is 19.1. The van der Waals surface area contributed by atoms with Gasteiger partial charge in [-0.3, -0.25) is 19.5 Å². The molecule has 2 atom stereocenters. The number of rotatable bonds is 6. The van der Waals surface area contributed by atoms with Gasteiger partial charge in [0.25, 0.3) is 5.91 Å².